The molecule has 0 aliphatic carbocycles. The molecule has 3 nitrogen and oxygen atoms in total. The number of benzene rings is 1. The third-order valence-corrected chi connectivity index (χ3v) is 2.06. The largest absolute Gasteiger partial charge is 0.463 e. The summed E-state index contributed by atoms with van der Waals surface area (Å²) in [6.45, 7) is 2.70. The molecule has 0 unspecified atom stereocenters. The lowest BCUT2D eigenvalue weighted by atomic mass is 10.1. The first-order valence-corrected chi connectivity index (χ1v) is 5.04. The van der Waals surface area contributed by atoms with Gasteiger partial charge in [0.05, 0.1) is 18.4 Å². The van der Waals surface area contributed by atoms with E-state index in [9.17, 15) is 0 Å². The highest BCUT2D eigenvalue weighted by Gasteiger charge is 2.10. The Balaban J connectivity index is 2.25. The molecule has 1 heterocycles. The molecule has 2 rings (SSSR count). The van der Waals surface area contributed by atoms with E-state index in [0.29, 0.717) is 12.6 Å². The fourth-order valence-corrected chi connectivity index (χ4v) is 1.34. The van der Waals surface area contributed by atoms with E-state index in [1.807, 2.05) is 30.3 Å². The molecule has 0 radical (unpaired) electrons. The van der Waals surface area contributed by atoms with Crippen LogP contribution in [0.2, 0.25) is 0 Å². The number of rotatable bonds is 4. The zero-order valence-corrected chi connectivity index (χ0v) is 8.64. The minimum Gasteiger partial charge on any atom is -0.463 e. The van der Waals surface area contributed by atoms with E-state index in [-0.39, 0.29) is 0 Å². The molecular formula is C12H13NO2. The van der Waals surface area contributed by atoms with Crippen molar-refractivity contribution >= 4 is 0 Å². The zero-order chi connectivity index (χ0) is 10.5. The fraction of sp³-hybridized carbons (Fsp3) is 0.250. The summed E-state index contributed by atoms with van der Waals surface area (Å²) in [5.74, 6) is 0.503. The monoisotopic (exact) mass is 203 g/mol. The molecule has 0 N–H and O–H groups in total. The second kappa shape index (κ2) is 4.64. The fourth-order valence-electron chi connectivity index (χ4n) is 1.34. The van der Waals surface area contributed by atoms with Crippen molar-refractivity contribution < 1.29 is 9.26 Å². The quantitative estimate of drug-likeness (QED) is 0.765. The molecule has 0 aliphatic heterocycles. The smallest absolute Gasteiger partial charge is 0.319 e. The van der Waals surface area contributed by atoms with Gasteiger partial charge in [-0.05, 0) is 12.0 Å². The molecule has 3 heteroatoms. The van der Waals surface area contributed by atoms with Gasteiger partial charge < -0.3 is 9.26 Å². The summed E-state index contributed by atoms with van der Waals surface area (Å²) >= 11 is 0. The van der Waals surface area contributed by atoms with Crippen molar-refractivity contribution in [1.29, 1.82) is 0 Å². The van der Waals surface area contributed by atoms with Crippen LogP contribution in [0.5, 0.6) is 5.95 Å². The Morgan fingerprint density at radius 1 is 1.27 bits per heavy atom. The van der Waals surface area contributed by atoms with E-state index in [1.54, 1.807) is 6.20 Å². The van der Waals surface area contributed by atoms with Gasteiger partial charge in [0.15, 0.2) is 0 Å². The molecule has 15 heavy (non-hydrogen) atoms. The zero-order valence-electron chi connectivity index (χ0n) is 8.64. The van der Waals surface area contributed by atoms with E-state index in [1.165, 1.54) is 0 Å². The lowest BCUT2D eigenvalue weighted by Crippen LogP contribution is -1.94. The SMILES string of the molecule is CCCOc1oncc1-c1ccccc1. The van der Waals surface area contributed by atoms with Gasteiger partial charge in [0.2, 0.25) is 0 Å². The summed E-state index contributed by atoms with van der Waals surface area (Å²) in [6, 6.07) is 9.94. The maximum atomic E-state index is 5.45. The van der Waals surface area contributed by atoms with Crippen LogP contribution in [0.4, 0.5) is 0 Å². The molecule has 0 amide bonds. The molecule has 0 fully saturated rings. The molecule has 1 aromatic carbocycles. The first kappa shape index (κ1) is 9.77. The van der Waals surface area contributed by atoms with Gasteiger partial charge in [-0.15, -0.1) is 0 Å². The molecule has 0 atom stereocenters. The van der Waals surface area contributed by atoms with E-state index >= 15 is 0 Å². The lowest BCUT2D eigenvalue weighted by Gasteiger charge is -2.02. The summed E-state index contributed by atoms with van der Waals surface area (Å²) < 4.78 is 10.5. The molecule has 0 saturated heterocycles. The van der Waals surface area contributed by atoms with Crippen molar-refractivity contribution in [3.05, 3.63) is 36.5 Å². The van der Waals surface area contributed by atoms with Crippen LogP contribution in [0.3, 0.4) is 0 Å². The Labute approximate surface area is 88.7 Å². The average Bonchev–Trinajstić information content (AvgIpc) is 2.75. The van der Waals surface area contributed by atoms with Gasteiger partial charge >= 0.3 is 5.95 Å². The van der Waals surface area contributed by atoms with Gasteiger partial charge in [-0.1, -0.05) is 42.4 Å². The minimum absolute atomic E-state index is 0.503. The van der Waals surface area contributed by atoms with Crippen LogP contribution >= 0.6 is 0 Å². The standard InChI is InChI=1S/C12H13NO2/c1-2-8-14-12-11(9-13-15-12)10-6-4-3-5-7-10/h3-7,9H,2,8H2,1H3. The van der Waals surface area contributed by atoms with E-state index in [4.69, 9.17) is 9.26 Å². The maximum absolute atomic E-state index is 5.45. The minimum atomic E-state index is 0.503. The molecule has 0 spiro atoms. The number of ether oxygens (including phenoxy) is 1. The van der Waals surface area contributed by atoms with Crippen LogP contribution in [-0.2, 0) is 0 Å². The number of nitrogens with zero attached hydrogens (tertiary/aromatic N) is 1. The second-order valence-corrected chi connectivity index (χ2v) is 3.24. The summed E-state index contributed by atoms with van der Waals surface area (Å²) in [7, 11) is 0. The summed E-state index contributed by atoms with van der Waals surface area (Å²) in [5.41, 5.74) is 1.97. The predicted octanol–water partition coefficient (Wildman–Crippen LogP) is 3.13. The van der Waals surface area contributed by atoms with Gasteiger partial charge in [-0.25, -0.2) is 0 Å². The molecule has 0 aliphatic rings. The van der Waals surface area contributed by atoms with Gasteiger partial charge in [-0.2, -0.15) is 0 Å². The van der Waals surface area contributed by atoms with Crippen molar-refractivity contribution in [2.45, 2.75) is 13.3 Å². The Morgan fingerprint density at radius 2 is 2.07 bits per heavy atom. The average molecular weight is 203 g/mol. The normalized spacial score (nSPS) is 10.2. The van der Waals surface area contributed by atoms with Gasteiger partial charge in [0, 0.05) is 0 Å². The molecule has 78 valence electrons. The Morgan fingerprint density at radius 3 is 2.80 bits per heavy atom. The molecule has 1 aromatic heterocycles. The molecule has 0 saturated carbocycles. The van der Waals surface area contributed by atoms with Gasteiger partial charge in [-0.3, -0.25) is 0 Å². The van der Waals surface area contributed by atoms with Crippen molar-refractivity contribution in [3.63, 3.8) is 0 Å². The van der Waals surface area contributed by atoms with E-state index < -0.39 is 0 Å². The van der Waals surface area contributed by atoms with Crippen LogP contribution in [0.25, 0.3) is 11.1 Å². The topological polar surface area (TPSA) is 35.3 Å². The van der Waals surface area contributed by atoms with E-state index in [0.717, 1.165) is 17.5 Å². The first-order valence-electron chi connectivity index (χ1n) is 5.04. The van der Waals surface area contributed by atoms with Crippen molar-refractivity contribution in [2.24, 2.45) is 0 Å². The van der Waals surface area contributed by atoms with Crippen molar-refractivity contribution in [3.8, 4) is 17.1 Å². The molecular weight excluding hydrogens is 190 g/mol. The first-order chi connectivity index (χ1) is 7.42. The number of hydrogen-bond donors (Lipinski definition) is 0. The van der Waals surface area contributed by atoms with Crippen LogP contribution < -0.4 is 4.74 Å². The second-order valence-electron chi connectivity index (χ2n) is 3.24. The van der Waals surface area contributed by atoms with Gasteiger partial charge in [0.25, 0.3) is 0 Å². The Kier molecular flexibility index (Phi) is 3.02. The Bertz CT molecular complexity index is 409. The third kappa shape index (κ3) is 2.18. The lowest BCUT2D eigenvalue weighted by molar-refractivity contribution is 0.215. The summed E-state index contributed by atoms with van der Waals surface area (Å²) in [6.07, 6.45) is 2.63. The summed E-state index contributed by atoms with van der Waals surface area (Å²) in [5, 5.41) is 3.75. The predicted molar refractivity (Wildman–Crippen MR) is 57.7 cm³/mol. The number of hydrogen-bond acceptors (Lipinski definition) is 3. The molecule has 2 aromatic rings. The number of aromatic nitrogens is 1. The van der Waals surface area contributed by atoms with Crippen LogP contribution in [0.1, 0.15) is 13.3 Å². The van der Waals surface area contributed by atoms with Crippen molar-refractivity contribution in [1.82, 2.24) is 5.16 Å². The highest BCUT2D eigenvalue weighted by molar-refractivity contribution is 5.66. The maximum Gasteiger partial charge on any atom is 0.319 e. The highest BCUT2D eigenvalue weighted by atomic mass is 16.6. The van der Waals surface area contributed by atoms with Crippen LogP contribution in [0.15, 0.2) is 41.1 Å². The third-order valence-electron chi connectivity index (χ3n) is 2.06. The van der Waals surface area contributed by atoms with Crippen LogP contribution in [-0.4, -0.2) is 11.8 Å². The van der Waals surface area contributed by atoms with E-state index in [2.05, 4.69) is 12.1 Å². The summed E-state index contributed by atoms with van der Waals surface area (Å²) in [4.78, 5) is 0. The Hall–Kier alpha value is -1.77. The molecule has 0 bridgehead atoms. The van der Waals surface area contributed by atoms with Gasteiger partial charge in [0.1, 0.15) is 0 Å². The highest BCUT2D eigenvalue weighted by Crippen LogP contribution is 2.29. The van der Waals surface area contributed by atoms with Crippen LogP contribution in [0, 0.1) is 0 Å². The van der Waals surface area contributed by atoms with Crippen molar-refractivity contribution in [2.75, 3.05) is 6.61 Å².